The molecule has 1 atom stereocenters. The number of ketones is 1. The van der Waals surface area contributed by atoms with Crippen LogP contribution in [0, 0.1) is 0 Å². The zero-order chi connectivity index (χ0) is 10.9. The summed E-state index contributed by atoms with van der Waals surface area (Å²) in [6.45, 7) is 3.96. The molecule has 15 heavy (non-hydrogen) atoms. The average Bonchev–Trinajstić information content (AvgIpc) is 2.59. The van der Waals surface area contributed by atoms with Gasteiger partial charge in [0.15, 0.2) is 11.6 Å². The largest absolute Gasteiger partial charge is 0.347 e. The number of Topliss-reactive ketones (excluding diaryl/α,β-unsaturated/α-hetero) is 1. The molecule has 1 aliphatic heterocycles. The highest BCUT2D eigenvalue weighted by Gasteiger charge is 2.37. The smallest absolute Gasteiger partial charge is 0.194 e. The van der Waals surface area contributed by atoms with Crippen LogP contribution in [0.4, 0.5) is 0 Å². The van der Waals surface area contributed by atoms with Crippen molar-refractivity contribution < 1.29 is 14.3 Å². The fourth-order valence-electron chi connectivity index (χ4n) is 1.60. The van der Waals surface area contributed by atoms with E-state index in [1.54, 1.807) is 12.1 Å². The van der Waals surface area contributed by atoms with Gasteiger partial charge in [-0.3, -0.25) is 4.79 Å². The first kappa shape index (κ1) is 10.3. The van der Waals surface area contributed by atoms with Gasteiger partial charge in [-0.15, -0.1) is 0 Å². The molecule has 0 aliphatic carbocycles. The molecule has 0 radical (unpaired) electrons. The number of carbonyl (C=O) groups excluding carboxylic acids is 1. The summed E-state index contributed by atoms with van der Waals surface area (Å²) in [4.78, 5) is 11.9. The van der Waals surface area contributed by atoms with Gasteiger partial charge >= 0.3 is 0 Å². The minimum atomic E-state index is -0.644. The van der Waals surface area contributed by atoms with Crippen molar-refractivity contribution in [3.63, 3.8) is 0 Å². The van der Waals surface area contributed by atoms with E-state index in [0.29, 0.717) is 12.2 Å². The highest BCUT2D eigenvalue weighted by molar-refractivity contribution is 5.99. The molecule has 0 bridgehead atoms. The van der Waals surface area contributed by atoms with Crippen LogP contribution in [0.3, 0.4) is 0 Å². The molecule has 0 saturated carbocycles. The topological polar surface area (TPSA) is 35.5 Å². The van der Waals surface area contributed by atoms with Crippen molar-refractivity contribution in [3.05, 3.63) is 35.9 Å². The molecule has 3 heteroatoms. The van der Waals surface area contributed by atoms with Crippen molar-refractivity contribution in [3.8, 4) is 0 Å². The standard InChI is InChI=1S/C12H14O3/c1-12(2)14-8-10(15-12)11(13)9-6-4-3-5-7-9/h3-7,10H,8H2,1-2H3. The maximum atomic E-state index is 11.9. The molecular weight excluding hydrogens is 192 g/mol. The van der Waals surface area contributed by atoms with E-state index < -0.39 is 11.9 Å². The van der Waals surface area contributed by atoms with Gasteiger partial charge in [0.2, 0.25) is 0 Å². The van der Waals surface area contributed by atoms with Crippen LogP contribution in [0.2, 0.25) is 0 Å². The zero-order valence-corrected chi connectivity index (χ0v) is 8.90. The molecule has 2 rings (SSSR count). The number of benzene rings is 1. The van der Waals surface area contributed by atoms with Gasteiger partial charge in [-0.25, -0.2) is 0 Å². The predicted molar refractivity (Wildman–Crippen MR) is 55.7 cm³/mol. The van der Waals surface area contributed by atoms with Gasteiger partial charge in [-0.05, 0) is 13.8 Å². The molecule has 1 heterocycles. The van der Waals surface area contributed by atoms with Gasteiger partial charge in [-0.2, -0.15) is 0 Å². The third-order valence-electron chi connectivity index (χ3n) is 2.36. The van der Waals surface area contributed by atoms with E-state index >= 15 is 0 Å². The molecular formula is C12H14O3. The van der Waals surface area contributed by atoms with E-state index in [9.17, 15) is 4.79 Å². The molecule has 0 aromatic heterocycles. The Morgan fingerprint density at radius 2 is 2.00 bits per heavy atom. The van der Waals surface area contributed by atoms with Crippen molar-refractivity contribution in [2.75, 3.05) is 6.61 Å². The summed E-state index contributed by atoms with van der Waals surface area (Å²) in [7, 11) is 0. The van der Waals surface area contributed by atoms with Crippen LogP contribution < -0.4 is 0 Å². The maximum Gasteiger partial charge on any atom is 0.194 e. The number of carbonyl (C=O) groups is 1. The van der Waals surface area contributed by atoms with Crippen LogP contribution in [-0.4, -0.2) is 24.3 Å². The summed E-state index contributed by atoms with van der Waals surface area (Å²) < 4.78 is 10.8. The number of hydrogen-bond acceptors (Lipinski definition) is 3. The van der Waals surface area contributed by atoms with E-state index in [1.165, 1.54) is 0 Å². The number of ether oxygens (including phenoxy) is 2. The molecule has 1 aromatic rings. The average molecular weight is 206 g/mol. The second kappa shape index (κ2) is 3.76. The monoisotopic (exact) mass is 206 g/mol. The Bertz CT molecular complexity index is 356. The first-order valence-electron chi connectivity index (χ1n) is 4.99. The SMILES string of the molecule is CC1(C)OCC(C(=O)c2ccccc2)O1. The van der Waals surface area contributed by atoms with Gasteiger partial charge in [0.05, 0.1) is 6.61 Å². The van der Waals surface area contributed by atoms with Crippen molar-refractivity contribution in [2.24, 2.45) is 0 Å². The number of rotatable bonds is 2. The Balaban J connectivity index is 2.11. The summed E-state index contributed by atoms with van der Waals surface area (Å²) in [5, 5.41) is 0. The Morgan fingerprint density at radius 1 is 1.33 bits per heavy atom. The summed E-state index contributed by atoms with van der Waals surface area (Å²) in [6, 6.07) is 9.14. The van der Waals surface area contributed by atoms with E-state index in [-0.39, 0.29) is 5.78 Å². The van der Waals surface area contributed by atoms with E-state index in [4.69, 9.17) is 9.47 Å². The molecule has 1 aromatic carbocycles. The van der Waals surface area contributed by atoms with E-state index in [2.05, 4.69) is 0 Å². The van der Waals surface area contributed by atoms with Crippen LogP contribution >= 0.6 is 0 Å². The lowest BCUT2D eigenvalue weighted by atomic mass is 10.1. The van der Waals surface area contributed by atoms with Gasteiger partial charge in [0.1, 0.15) is 6.10 Å². The Morgan fingerprint density at radius 3 is 2.53 bits per heavy atom. The van der Waals surface area contributed by atoms with Crippen LogP contribution in [0.1, 0.15) is 24.2 Å². The van der Waals surface area contributed by atoms with Crippen molar-refractivity contribution in [1.29, 1.82) is 0 Å². The zero-order valence-electron chi connectivity index (χ0n) is 8.90. The fourth-order valence-corrected chi connectivity index (χ4v) is 1.60. The normalized spacial score (nSPS) is 24.0. The van der Waals surface area contributed by atoms with Gasteiger partial charge < -0.3 is 9.47 Å². The molecule has 1 unspecified atom stereocenters. The van der Waals surface area contributed by atoms with Gasteiger partial charge in [0.25, 0.3) is 0 Å². The second-order valence-electron chi connectivity index (χ2n) is 4.05. The fraction of sp³-hybridized carbons (Fsp3) is 0.417. The third-order valence-corrected chi connectivity index (χ3v) is 2.36. The van der Waals surface area contributed by atoms with Crippen LogP contribution in [0.5, 0.6) is 0 Å². The third kappa shape index (κ3) is 2.25. The summed E-state index contributed by atoms with van der Waals surface area (Å²) >= 11 is 0. The Hall–Kier alpha value is -1.19. The van der Waals surface area contributed by atoms with Crippen molar-refractivity contribution in [1.82, 2.24) is 0 Å². The maximum absolute atomic E-state index is 11.9. The van der Waals surface area contributed by atoms with E-state index in [0.717, 1.165) is 0 Å². The molecule has 3 nitrogen and oxygen atoms in total. The van der Waals surface area contributed by atoms with Gasteiger partial charge in [-0.1, -0.05) is 30.3 Å². The lowest BCUT2D eigenvalue weighted by Gasteiger charge is -2.16. The van der Waals surface area contributed by atoms with Crippen LogP contribution in [0.15, 0.2) is 30.3 Å². The van der Waals surface area contributed by atoms with E-state index in [1.807, 2.05) is 32.0 Å². The highest BCUT2D eigenvalue weighted by Crippen LogP contribution is 2.24. The van der Waals surface area contributed by atoms with Crippen LogP contribution in [0.25, 0.3) is 0 Å². The lowest BCUT2D eigenvalue weighted by Crippen LogP contribution is -2.26. The van der Waals surface area contributed by atoms with Crippen LogP contribution in [-0.2, 0) is 9.47 Å². The Kier molecular flexibility index (Phi) is 2.59. The first-order chi connectivity index (χ1) is 7.08. The first-order valence-corrected chi connectivity index (χ1v) is 4.99. The van der Waals surface area contributed by atoms with Gasteiger partial charge in [0, 0.05) is 5.56 Å². The highest BCUT2D eigenvalue weighted by atomic mass is 16.7. The molecule has 1 aliphatic rings. The molecule has 1 fully saturated rings. The lowest BCUT2D eigenvalue weighted by molar-refractivity contribution is -0.133. The summed E-state index contributed by atoms with van der Waals surface area (Å²) in [5.41, 5.74) is 0.670. The second-order valence-corrected chi connectivity index (χ2v) is 4.05. The summed E-state index contributed by atoms with van der Waals surface area (Å²) in [6.07, 6.45) is -0.470. The minimum Gasteiger partial charge on any atom is -0.347 e. The molecule has 0 N–H and O–H groups in total. The van der Waals surface area contributed by atoms with Crippen molar-refractivity contribution in [2.45, 2.75) is 25.7 Å². The summed E-state index contributed by atoms with van der Waals surface area (Å²) in [5.74, 6) is -0.657. The minimum absolute atomic E-state index is 0.0128. The van der Waals surface area contributed by atoms with Crippen molar-refractivity contribution >= 4 is 5.78 Å². The predicted octanol–water partition coefficient (Wildman–Crippen LogP) is 2.02. The molecule has 80 valence electrons. The molecule has 1 saturated heterocycles. The molecule has 0 spiro atoms. The Labute approximate surface area is 89.0 Å². The number of hydrogen-bond donors (Lipinski definition) is 0. The quantitative estimate of drug-likeness (QED) is 0.694. The molecule has 0 amide bonds.